The molecule has 0 saturated heterocycles. The van der Waals surface area contributed by atoms with Gasteiger partial charge in [0.15, 0.2) is 0 Å². The summed E-state index contributed by atoms with van der Waals surface area (Å²) in [6, 6.07) is 17.8. The first-order valence-electron chi connectivity index (χ1n) is 10.1. The zero-order valence-electron chi connectivity index (χ0n) is 17.3. The van der Waals surface area contributed by atoms with Crippen LogP contribution in [0.5, 0.6) is 5.75 Å². The summed E-state index contributed by atoms with van der Waals surface area (Å²) in [5.41, 5.74) is 1.62. The minimum absolute atomic E-state index is 0.0950. The third-order valence-corrected chi connectivity index (χ3v) is 6.52. The fourth-order valence-electron chi connectivity index (χ4n) is 4.87. The summed E-state index contributed by atoms with van der Waals surface area (Å²) in [5, 5.41) is 0. The predicted octanol–water partition coefficient (Wildman–Crippen LogP) is 4.29. The zero-order chi connectivity index (χ0) is 20.6. The van der Waals surface area contributed by atoms with Crippen LogP contribution in [0.15, 0.2) is 66.2 Å². The first-order chi connectivity index (χ1) is 13.9. The number of hydrogen-bond donors (Lipinski definition) is 0. The third kappa shape index (κ3) is 3.07. The quantitative estimate of drug-likeness (QED) is 0.733. The highest BCUT2D eigenvalue weighted by atomic mass is 16.5. The van der Waals surface area contributed by atoms with E-state index in [2.05, 4.69) is 6.08 Å². The van der Waals surface area contributed by atoms with Crippen LogP contribution in [0.4, 0.5) is 0 Å². The Labute approximate surface area is 172 Å². The summed E-state index contributed by atoms with van der Waals surface area (Å²) in [4.78, 5) is 28.6. The molecule has 1 unspecified atom stereocenters. The summed E-state index contributed by atoms with van der Waals surface area (Å²) in [7, 11) is 1.64. The molecule has 4 rings (SSSR count). The lowest BCUT2D eigenvalue weighted by molar-refractivity contribution is -0.141. The lowest BCUT2D eigenvalue weighted by Crippen LogP contribution is -2.57. The van der Waals surface area contributed by atoms with Crippen LogP contribution in [0.3, 0.4) is 0 Å². The van der Waals surface area contributed by atoms with E-state index in [0.29, 0.717) is 25.9 Å². The van der Waals surface area contributed by atoms with Gasteiger partial charge in [-0.05, 0) is 49.1 Å². The summed E-state index contributed by atoms with van der Waals surface area (Å²) in [6.07, 6.45) is 3.07. The number of Topliss-reactive ketones (excluding diaryl/α,β-unsaturated/α-hetero) is 1. The highest BCUT2D eigenvalue weighted by Gasteiger charge is 2.56. The Bertz CT molecular complexity index is 959. The van der Waals surface area contributed by atoms with E-state index in [1.54, 1.807) is 7.11 Å². The molecule has 2 aromatic rings. The molecule has 4 heteroatoms. The standard InChI is InChI=1S/C25H27NO3/c1-24(2)21-14-16-26(17-18-9-11-20(29-3)12-10-18)23(28)25(21,15-13-22(24)27)19-7-5-4-6-8-19/h4-12,14H,13,15-17H2,1-3H3. The molecule has 0 aromatic heterocycles. The van der Waals surface area contributed by atoms with Crippen molar-refractivity contribution in [2.24, 2.45) is 5.41 Å². The normalized spacial score (nSPS) is 23.4. The van der Waals surface area contributed by atoms with Crippen molar-refractivity contribution in [1.82, 2.24) is 4.90 Å². The molecule has 1 aliphatic carbocycles. The van der Waals surface area contributed by atoms with Crippen LogP contribution < -0.4 is 4.74 Å². The molecule has 150 valence electrons. The zero-order valence-corrected chi connectivity index (χ0v) is 17.3. The fourth-order valence-corrected chi connectivity index (χ4v) is 4.87. The van der Waals surface area contributed by atoms with Crippen molar-refractivity contribution in [3.05, 3.63) is 77.4 Å². The maximum atomic E-state index is 14.0. The Kier molecular flexibility index (Phi) is 4.81. The van der Waals surface area contributed by atoms with E-state index in [9.17, 15) is 9.59 Å². The smallest absolute Gasteiger partial charge is 0.237 e. The number of carbonyl (C=O) groups is 2. The highest BCUT2D eigenvalue weighted by molar-refractivity contribution is 6.00. The van der Waals surface area contributed by atoms with Crippen molar-refractivity contribution >= 4 is 11.7 Å². The number of methoxy groups -OCH3 is 1. The monoisotopic (exact) mass is 389 g/mol. The van der Waals surface area contributed by atoms with Crippen molar-refractivity contribution < 1.29 is 14.3 Å². The Balaban J connectivity index is 1.76. The van der Waals surface area contributed by atoms with Crippen molar-refractivity contribution in [3.8, 4) is 5.75 Å². The number of ketones is 1. The number of rotatable bonds is 4. The molecule has 2 aliphatic rings. The van der Waals surface area contributed by atoms with Crippen LogP contribution in [-0.2, 0) is 21.5 Å². The maximum Gasteiger partial charge on any atom is 0.237 e. The predicted molar refractivity (Wildman–Crippen MR) is 113 cm³/mol. The number of benzene rings is 2. The van der Waals surface area contributed by atoms with E-state index in [-0.39, 0.29) is 11.7 Å². The van der Waals surface area contributed by atoms with Crippen LogP contribution in [0, 0.1) is 5.41 Å². The number of fused-ring (bicyclic) bond motifs is 1. The number of carbonyl (C=O) groups excluding carboxylic acids is 2. The van der Waals surface area contributed by atoms with Crippen molar-refractivity contribution in [2.75, 3.05) is 13.7 Å². The van der Waals surface area contributed by atoms with Gasteiger partial charge in [-0.25, -0.2) is 0 Å². The van der Waals surface area contributed by atoms with E-state index in [1.807, 2.05) is 73.3 Å². The molecule has 2 aromatic carbocycles. The second kappa shape index (κ2) is 7.18. The van der Waals surface area contributed by atoms with Crippen molar-refractivity contribution in [3.63, 3.8) is 0 Å². The van der Waals surface area contributed by atoms with Crippen LogP contribution in [0.25, 0.3) is 0 Å². The van der Waals surface area contributed by atoms with Gasteiger partial charge < -0.3 is 9.64 Å². The lowest BCUT2D eigenvalue weighted by Gasteiger charge is -2.50. The molecule has 0 bridgehead atoms. The van der Waals surface area contributed by atoms with Crippen LogP contribution in [0.2, 0.25) is 0 Å². The van der Waals surface area contributed by atoms with Crippen molar-refractivity contribution in [1.29, 1.82) is 0 Å². The Morgan fingerprint density at radius 1 is 1.00 bits per heavy atom. The SMILES string of the molecule is COc1ccc(CN2CC=C3C(C)(C)C(=O)CCC3(c3ccccc3)C2=O)cc1. The van der Waals surface area contributed by atoms with Crippen molar-refractivity contribution in [2.45, 2.75) is 38.6 Å². The summed E-state index contributed by atoms with van der Waals surface area (Å²) >= 11 is 0. The molecule has 0 radical (unpaired) electrons. The molecule has 1 atom stereocenters. The minimum atomic E-state index is -0.761. The largest absolute Gasteiger partial charge is 0.497 e. The summed E-state index contributed by atoms with van der Waals surface area (Å²) < 4.78 is 5.24. The second-order valence-electron chi connectivity index (χ2n) is 8.47. The average molecular weight is 389 g/mol. The fraction of sp³-hybridized carbons (Fsp3) is 0.360. The summed E-state index contributed by atoms with van der Waals surface area (Å²) in [6.45, 7) is 4.98. The number of amides is 1. The number of nitrogens with zero attached hydrogens (tertiary/aromatic N) is 1. The summed E-state index contributed by atoms with van der Waals surface area (Å²) in [5.74, 6) is 1.11. The van der Waals surface area contributed by atoms with Gasteiger partial charge in [-0.1, -0.05) is 48.5 Å². The number of hydrogen-bond acceptors (Lipinski definition) is 3. The average Bonchev–Trinajstić information content (AvgIpc) is 2.74. The minimum Gasteiger partial charge on any atom is -0.497 e. The molecule has 29 heavy (non-hydrogen) atoms. The molecule has 4 nitrogen and oxygen atoms in total. The number of ether oxygens (including phenoxy) is 1. The molecule has 1 amide bonds. The topological polar surface area (TPSA) is 46.6 Å². The maximum absolute atomic E-state index is 14.0. The van der Waals surface area contributed by atoms with Gasteiger partial charge in [0.25, 0.3) is 0 Å². The Hall–Kier alpha value is -2.88. The molecule has 1 heterocycles. The first-order valence-corrected chi connectivity index (χ1v) is 10.1. The second-order valence-corrected chi connectivity index (χ2v) is 8.47. The molecule has 1 saturated carbocycles. The van der Waals surface area contributed by atoms with Gasteiger partial charge in [0.2, 0.25) is 5.91 Å². The van der Waals surface area contributed by atoms with E-state index in [0.717, 1.165) is 22.4 Å². The molecule has 1 fully saturated rings. The van der Waals surface area contributed by atoms with Gasteiger partial charge in [0, 0.05) is 24.9 Å². The molecule has 0 N–H and O–H groups in total. The van der Waals surface area contributed by atoms with E-state index in [4.69, 9.17) is 4.74 Å². The van der Waals surface area contributed by atoms with Gasteiger partial charge in [0.05, 0.1) is 12.5 Å². The molecule has 1 aliphatic heterocycles. The lowest BCUT2D eigenvalue weighted by atomic mass is 9.55. The van der Waals surface area contributed by atoms with Gasteiger partial charge in [0.1, 0.15) is 11.5 Å². The van der Waals surface area contributed by atoms with Crippen LogP contribution in [-0.4, -0.2) is 30.2 Å². The molecular weight excluding hydrogens is 362 g/mol. The highest BCUT2D eigenvalue weighted by Crippen LogP contribution is 2.53. The molecular formula is C25H27NO3. The van der Waals surface area contributed by atoms with Crippen LogP contribution >= 0.6 is 0 Å². The van der Waals surface area contributed by atoms with E-state index in [1.165, 1.54) is 0 Å². The van der Waals surface area contributed by atoms with E-state index < -0.39 is 10.8 Å². The van der Waals surface area contributed by atoms with Gasteiger partial charge >= 0.3 is 0 Å². The van der Waals surface area contributed by atoms with Gasteiger partial charge in [-0.3, -0.25) is 9.59 Å². The van der Waals surface area contributed by atoms with Crippen LogP contribution in [0.1, 0.15) is 37.8 Å². The van der Waals surface area contributed by atoms with Gasteiger partial charge in [-0.2, -0.15) is 0 Å². The Morgan fingerprint density at radius 2 is 1.69 bits per heavy atom. The Morgan fingerprint density at radius 3 is 2.34 bits per heavy atom. The first kappa shape index (κ1) is 19.4. The van der Waals surface area contributed by atoms with E-state index >= 15 is 0 Å². The van der Waals surface area contributed by atoms with Gasteiger partial charge in [-0.15, -0.1) is 0 Å². The third-order valence-electron chi connectivity index (χ3n) is 6.52. The molecule has 0 spiro atoms.